The van der Waals surface area contributed by atoms with Gasteiger partial charge in [-0.3, -0.25) is 0 Å². The van der Waals surface area contributed by atoms with Gasteiger partial charge in [0.15, 0.2) is 0 Å². The van der Waals surface area contributed by atoms with Crippen molar-refractivity contribution < 1.29 is 14.2 Å². The van der Waals surface area contributed by atoms with Gasteiger partial charge in [0.05, 0.1) is 19.8 Å². The average molecular weight is 224 g/mol. The van der Waals surface area contributed by atoms with Gasteiger partial charge in [-0.25, -0.2) is 0 Å². The normalized spacial score (nSPS) is 10.3. The summed E-state index contributed by atoms with van der Waals surface area (Å²) in [7, 11) is 0. The number of benzene rings is 1. The second-order valence-electron chi connectivity index (χ2n) is 3.39. The fraction of sp³-hybridized carbons (Fsp3) is 0.538. The van der Waals surface area contributed by atoms with Crippen LogP contribution in [0.3, 0.4) is 0 Å². The quantitative estimate of drug-likeness (QED) is 0.603. The van der Waals surface area contributed by atoms with Gasteiger partial charge >= 0.3 is 0 Å². The smallest absolute Gasteiger partial charge is 0.119 e. The number of para-hydroxylation sites is 1. The van der Waals surface area contributed by atoms with Gasteiger partial charge in [-0.05, 0) is 18.6 Å². The molecule has 0 unspecified atom stereocenters. The molecule has 0 heterocycles. The van der Waals surface area contributed by atoms with Crippen LogP contribution in [0.5, 0.6) is 5.75 Å². The third kappa shape index (κ3) is 6.43. The topological polar surface area (TPSA) is 27.7 Å². The zero-order valence-corrected chi connectivity index (χ0v) is 9.85. The van der Waals surface area contributed by atoms with Gasteiger partial charge < -0.3 is 14.2 Å². The molecule has 3 heteroatoms. The Kier molecular flexibility index (Phi) is 7.47. The predicted octanol–water partition coefficient (Wildman–Crippen LogP) is 2.51. The fourth-order valence-corrected chi connectivity index (χ4v) is 1.20. The minimum atomic E-state index is 0.581. The maximum Gasteiger partial charge on any atom is 0.119 e. The van der Waals surface area contributed by atoms with E-state index < -0.39 is 0 Å². The third-order valence-electron chi connectivity index (χ3n) is 1.96. The van der Waals surface area contributed by atoms with Crippen molar-refractivity contribution in [3.05, 3.63) is 30.3 Å². The summed E-state index contributed by atoms with van der Waals surface area (Å²) in [5.41, 5.74) is 0. The molecule has 1 aromatic carbocycles. The summed E-state index contributed by atoms with van der Waals surface area (Å²) in [6.07, 6.45) is 1.05. The summed E-state index contributed by atoms with van der Waals surface area (Å²) in [5.74, 6) is 0.883. The molecular formula is C13H20O3. The lowest BCUT2D eigenvalue weighted by Crippen LogP contribution is -2.10. The molecule has 0 N–H and O–H groups in total. The summed E-state index contributed by atoms with van der Waals surface area (Å²) < 4.78 is 16.1. The monoisotopic (exact) mass is 224 g/mol. The molecule has 1 aromatic rings. The van der Waals surface area contributed by atoms with Crippen LogP contribution in [0.25, 0.3) is 0 Å². The van der Waals surface area contributed by atoms with E-state index in [-0.39, 0.29) is 0 Å². The van der Waals surface area contributed by atoms with Crippen molar-refractivity contribution in [3.63, 3.8) is 0 Å². The van der Waals surface area contributed by atoms with E-state index in [2.05, 4.69) is 6.92 Å². The van der Waals surface area contributed by atoms with E-state index >= 15 is 0 Å². The molecule has 0 amide bonds. The summed E-state index contributed by atoms with van der Waals surface area (Å²) in [5, 5.41) is 0. The van der Waals surface area contributed by atoms with Crippen molar-refractivity contribution in [1.82, 2.24) is 0 Å². The van der Waals surface area contributed by atoms with Gasteiger partial charge in [-0.1, -0.05) is 25.1 Å². The molecule has 0 aromatic heterocycles. The average Bonchev–Trinajstić information content (AvgIpc) is 2.34. The minimum absolute atomic E-state index is 0.581. The van der Waals surface area contributed by atoms with Crippen LogP contribution in [0.15, 0.2) is 30.3 Å². The third-order valence-corrected chi connectivity index (χ3v) is 1.96. The van der Waals surface area contributed by atoms with E-state index in [9.17, 15) is 0 Å². The Labute approximate surface area is 97.3 Å². The minimum Gasteiger partial charge on any atom is -0.491 e. The highest BCUT2D eigenvalue weighted by Gasteiger charge is 1.92. The van der Waals surface area contributed by atoms with Crippen LogP contribution in [0.4, 0.5) is 0 Å². The number of ether oxygens (including phenoxy) is 3. The molecule has 0 saturated carbocycles. The molecule has 0 aliphatic carbocycles. The molecule has 1 rings (SSSR count). The van der Waals surface area contributed by atoms with E-state index in [1.807, 2.05) is 30.3 Å². The summed E-state index contributed by atoms with van der Waals surface area (Å²) in [6.45, 7) is 5.39. The molecule has 0 radical (unpaired) electrons. The van der Waals surface area contributed by atoms with E-state index in [4.69, 9.17) is 14.2 Å². The van der Waals surface area contributed by atoms with E-state index in [1.54, 1.807) is 0 Å². The zero-order chi connectivity index (χ0) is 11.5. The van der Waals surface area contributed by atoms with Gasteiger partial charge in [-0.2, -0.15) is 0 Å². The first-order chi connectivity index (χ1) is 7.93. The van der Waals surface area contributed by atoms with Gasteiger partial charge in [-0.15, -0.1) is 0 Å². The number of hydrogen-bond donors (Lipinski definition) is 0. The van der Waals surface area contributed by atoms with Crippen LogP contribution < -0.4 is 4.74 Å². The van der Waals surface area contributed by atoms with Crippen LogP contribution in [-0.4, -0.2) is 33.0 Å². The van der Waals surface area contributed by atoms with E-state index in [1.165, 1.54) is 0 Å². The molecule has 16 heavy (non-hydrogen) atoms. The van der Waals surface area contributed by atoms with Gasteiger partial charge in [0.2, 0.25) is 0 Å². The van der Waals surface area contributed by atoms with Crippen LogP contribution in [0, 0.1) is 0 Å². The molecule has 0 spiro atoms. The Bertz CT molecular complexity index is 249. The Hall–Kier alpha value is -1.06. The summed E-state index contributed by atoms with van der Waals surface area (Å²) in [4.78, 5) is 0. The Balaban J connectivity index is 1.89. The number of hydrogen-bond acceptors (Lipinski definition) is 3. The van der Waals surface area contributed by atoms with Crippen LogP contribution >= 0.6 is 0 Å². The SMILES string of the molecule is CCCOCCOCCOc1ccccc1. The molecule has 0 fully saturated rings. The highest BCUT2D eigenvalue weighted by Crippen LogP contribution is 2.07. The lowest BCUT2D eigenvalue weighted by Gasteiger charge is -2.07. The van der Waals surface area contributed by atoms with Crippen molar-refractivity contribution in [2.75, 3.05) is 33.0 Å². The second-order valence-corrected chi connectivity index (χ2v) is 3.39. The first kappa shape index (κ1) is 13.0. The molecule has 0 saturated heterocycles. The molecule has 0 bridgehead atoms. The Morgan fingerprint density at radius 1 is 0.812 bits per heavy atom. The molecule has 0 aliphatic rings. The summed E-state index contributed by atoms with van der Waals surface area (Å²) >= 11 is 0. The first-order valence-electron chi connectivity index (χ1n) is 5.77. The van der Waals surface area contributed by atoms with Gasteiger partial charge in [0, 0.05) is 6.61 Å². The van der Waals surface area contributed by atoms with Crippen molar-refractivity contribution in [1.29, 1.82) is 0 Å². The van der Waals surface area contributed by atoms with Crippen molar-refractivity contribution >= 4 is 0 Å². The maximum atomic E-state index is 5.47. The van der Waals surface area contributed by atoms with Crippen molar-refractivity contribution in [2.24, 2.45) is 0 Å². The molecule has 90 valence electrons. The second kappa shape index (κ2) is 9.19. The molecule has 3 nitrogen and oxygen atoms in total. The van der Waals surface area contributed by atoms with Crippen molar-refractivity contribution in [3.8, 4) is 5.75 Å². The highest BCUT2D eigenvalue weighted by atomic mass is 16.5. The maximum absolute atomic E-state index is 5.47. The zero-order valence-electron chi connectivity index (χ0n) is 9.85. The molecule has 0 aliphatic heterocycles. The van der Waals surface area contributed by atoms with Crippen LogP contribution in [0.1, 0.15) is 13.3 Å². The first-order valence-corrected chi connectivity index (χ1v) is 5.77. The number of rotatable bonds is 9. The molecular weight excluding hydrogens is 204 g/mol. The van der Waals surface area contributed by atoms with Gasteiger partial charge in [0.25, 0.3) is 0 Å². The van der Waals surface area contributed by atoms with E-state index in [0.717, 1.165) is 18.8 Å². The Morgan fingerprint density at radius 3 is 2.12 bits per heavy atom. The predicted molar refractivity (Wildman–Crippen MR) is 63.9 cm³/mol. The van der Waals surface area contributed by atoms with Gasteiger partial charge in [0.1, 0.15) is 12.4 Å². The lowest BCUT2D eigenvalue weighted by atomic mass is 10.3. The molecule has 0 atom stereocenters. The fourth-order valence-electron chi connectivity index (χ4n) is 1.20. The van der Waals surface area contributed by atoms with Crippen LogP contribution in [-0.2, 0) is 9.47 Å². The van der Waals surface area contributed by atoms with Crippen LogP contribution in [0.2, 0.25) is 0 Å². The highest BCUT2D eigenvalue weighted by molar-refractivity contribution is 5.20. The lowest BCUT2D eigenvalue weighted by molar-refractivity contribution is 0.0366. The largest absolute Gasteiger partial charge is 0.491 e. The van der Waals surface area contributed by atoms with Crippen molar-refractivity contribution in [2.45, 2.75) is 13.3 Å². The standard InChI is InChI=1S/C13H20O3/c1-2-8-14-9-10-15-11-12-16-13-6-4-3-5-7-13/h3-7H,2,8-12H2,1H3. The van der Waals surface area contributed by atoms with E-state index in [0.29, 0.717) is 26.4 Å². The summed E-state index contributed by atoms with van der Waals surface area (Å²) in [6, 6.07) is 9.74. The Morgan fingerprint density at radius 2 is 1.44 bits per heavy atom.